The number of hydrogen-bond donors (Lipinski definition) is 0. The molecule has 2 aromatic carbocycles. The van der Waals surface area contributed by atoms with Crippen LogP contribution in [-0.4, -0.2) is 21.9 Å². The van der Waals surface area contributed by atoms with Crippen molar-refractivity contribution in [3.8, 4) is 0 Å². The number of unbranched alkanes of at least 4 members (excludes halogenated alkanes) is 1. The smallest absolute Gasteiger partial charge is 0.254 e. The van der Waals surface area contributed by atoms with Gasteiger partial charge in [-0.1, -0.05) is 58.4 Å². The molecule has 0 aliphatic rings. The number of halogens is 1. The average molecular weight is 421 g/mol. The maximum Gasteiger partial charge on any atom is 0.254 e. The number of benzene rings is 2. The van der Waals surface area contributed by atoms with Crippen LogP contribution in [0.15, 0.2) is 66.9 Å². The van der Waals surface area contributed by atoms with Crippen molar-refractivity contribution in [3.05, 3.63) is 95.1 Å². The highest BCUT2D eigenvalue weighted by atomic mass is 19.1. The molecule has 3 aromatic rings. The largest absolute Gasteiger partial charge is 0.345 e. The first-order chi connectivity index (χ1) is 14.8. The molecule has 0 unspecified atom stereocenters. The van der Waals surface area contributed by atoms with Gasteiger partial charge in [0.25, 0.3) is 5.91 Å². The van der Waals surface area contributed by atoms with Crippen LogP contribution in [0.2, 0.25) is 0 Å². The third-order valence-corrected chi connectivity index (χ3v) is 5.59. The van der Waals surface area contributed by atoms with Crippen LogP contribution in [0.4, 0.5) is 4.39 Å². The van der Waals surface area contributed by atoms with E-state index >= 15 is 0 Å². The Morgan fingerprint density at radius 2 is 1.77 bits per heavy atom. The second-order valence-electron chi connectivity index (χ2n) is 9.16. The quantitative estimate of drug-likeness (QED) is 0.413. The van der Waals surface area contributed by atoms with Crippen LogP contribution in [0.3, 0.4) is 0 Å². The summed E-state index contributed by atoms with van der Waals surface area (Å²) in [6.45, 7) is 10.5. The minimum absolute atomic E-state index is 0.0485. The lowest BCUT2D eigenvalue weighted by molar-refractivity contribution is 0.0737. The highest BCUT2D eigenvalue weighted by Gasteiger charge is 2.19. The number of carbonyl (C=O) groups is 1. The van der Waals surface area contributed by atoms with Gasteiger partial charge in [-0.05, 0) is 59.4 Å². The van der Waals surface area contributed by atoms with Crippen LogP contribution < -0.4 is 0 Å². The fourth-order valence-electron chi connectivity index (χ4n) is 3.67. The molecule has 31 heavy (non-hydrogen) atoms. The predicted octanol–water partition coefficient (Wildman–Crippen LogP) is 6.42. The van der Waals surface area contributed by atoms with E-state index in [2.05, 4.69) is 44.4 Å². The summed E-state index contributed by atoms with van der Waals surface area (Å²) in [5.74, 6) is -0.183. The van der Waals surface area contributed by atoms with E-state index in [-0.39, 0.29) is 17.1 Å². The molecule has 3 nitrogen and oxygen atoms in total. The predicted molar refractivity (Wildman–Crippen MR) is 125 cm³/mol. The molecular formula is C27H33FN2O. The molecule has 0 N–H and O–H groups in total. The minimum Gasteiger partial charge on any atom is -0.345 e. The van der Waals surface area contributed by atoms with Crippen molar-refractivity contribution >= 4 is 5.91 Å². The van der Waals surface area contributed by atoms with E-state index in [0.29, 0.717) is 25.2 Å². The molecule has 0 fully saturated rings. The molecule has 164 valence electrons. The van der Waals surface area contributed by atoms with Crippen LogP contribution in [0, 0.1) is 5.82 Å². The van der Waals surface area contributed by atoms with E-state index in [9.17, 15) is 9.18 Å². The number of aromatic nitrogens is 1. The van der Waals surface area contributed by atoms with E-state index in [4.69, 9.17) is 0 Å². The molecule has 0 radical (unpaired) electrons. The number of nitrogens with zero attached hydrogens (tertiary/aromatic N) is 2. The Kier molecular flexibility index (Phi) is 7.32. The Morgan fingerprint density at radius 3 is 2.42 bits per heavy atom. The first kappa shape index (κ1) is 22.8. The summed E-state index contributed by atoms with van der Waals surface area (Å²) in [5, 5.41) is 0. The number of carbonyl (C=O) groups excluding carboxylic acids is 1. The van der Waals surface area contributed by atoms with Gasteiger partial charge in [0.05, 0.1) is 6.54 Å². The van der Waals surface area contributed by atoms with Crippen molar-refractivity contribution in [2.24, 2.45) is 0 Å². The Morgan fingerprint density at radius 1 is 1.03 bits per heavy atom. The Hall–Kier alpha value is -2.88. The SMILES string of the molecule is CCCCN(Cc1cccn1Cc1cccc(F)c1)C(=O)c1ccc(C(C)(C)C)cc1. The van der Waals surface area contributed by atoms with Crippen molar-refractivity contribution in [1.29, 1.82) is 0 Å². The van der Waals surface area contributed by atoms with Gasteiger partial charge in [0.1, 0.15) is 5.82 Å². The molecule has 0 aliphatic carbocycles. The van der Waals surface area contributed by atoms with Gasteiger partial charge in [0, 0.05) is 30.5 Å². The summed E-state index contributed by atoms with van der Waals surface area (Å²) < 4.78 is 15.7. The lowest BCUT2D eigenvalue weighted by atomic mass is 9.86. The second kappa shape index (κ2) is 9.95. The van der Waals surface area contributed by atoms with E-state index < -0.39 is 0 Å². The molecule has 1 amide bonds. The summed E-state index contributed by atoms with van der Waals surface area (Å²) in [7, 11) is 0. The van der Waals surface area contributed by atoms with Crippen molar-refractivity contribution in [3.63, 3.8) is 0 Å². The molecule has 0 atom stereocenters. The lowest BCUT2D eigenvalue weighted by Crippen LogP contribution is -2.32. The molecule has 0 saturated heterocycles. The number of rotatable bonds is 8. The van der Waals surface area contributed by atoms with Gasteiger partial charge in [0.15, 0.2) is 0 Å². The van der Waals surface area contributed by atoms with E-state index in [1.165, 1.54) is 11.6 Å². The fraction of sp³-hybridized carbons (Fsp3) is 0.370. The van der Waals surface area contributed by atoms with Crippen LogP contribution >= 0.6 is 0 Å². The summed E-state index contributed by atoms with van der Waals surface area (Å²) in [5.41, 5.74) is 3.93. The third-order valence-electron chi connectivity index (χ3n) is 5.59. The Labute approximate surface area is 185 Å². The topological polar surface area (TPSA) is 25.2 Å². The third kappa shape index (κ3) is 6.06. The minimum atomic E-state index is -0.232. The van der Waals surface area contributed by atoms with Gasteiger partial charge >= 0.3 is 0 Å². The van der Waals surface area contributed by atoms with Gasteiger partial charge < -0.3 is 9.47 Å². The van der Waals surface area contributed by atoms with Gasteiger partial charge in [-0.15, -0.1) is 0 Å². The molecule has 0 saturated carbocycles. The first-order valence-corrected chi connectivity index (χ1v) is 11.1. The fourth-order valence-corrected chi connectivity index (χ4v) is 3.67. The molecule has 0 spiro atoms. The van der Waals surface area contributed by atoms with Gasteiger partial charge in [-0.25, -0.2) is 4.39 Å². The van der Waals surface area contributed by atoms with Gasteiger partial charge in [0.2, 0.25) is 0 Å². The monoisotopic (exact) mass is 420 g/mol. The molecular weight excluding hydrogens is 387 g/mol. The molecule has 0 bridgehead atoms. The van der Waals surface area contributed by atoms with Crippen LogP contribution in [0.1, 0.15) is 67.7 Å². The zero-order chi connectivity index (χ0) is 22.4. The molecule has 4 heteroatoms. The highest BCUT2D eigenvalue weighted by Crippen LogP contribution is 2.23. The maximum atomic E-state index is 13.6. The van der Waals surface area contributed by atoms with Crippen LogP contribution in [0.5, 0.6) is 0 Å². The highest BCUT2D eigenvalue weighted by molar-refractivity contribution is 5.94. The molecule has 1 aromatic heterocycles. The van der Waals surface area contributed by atoms with E-state index in [1.807, 2.05) is 41.4 Å². The first-order valence-electron chi connectivity index (χ1n) is 11.1. The van der Waals surface area contributed by atoms with Crippen LogP contribution in [0.25, 0.3) is 0 Å². The zero-order valence-electron chi connectivity index (χ0n) is 19.1. The molecule has 1 heterocycles. The van der Waals surface area contributed by atoms with Crippen LogP contribution in [-0.2, 0) is 18.5 Å². The van der Waals surface area contributed by atoms with Gasteiger partial charge in [-0.2, -0.15) is 0 Å². The average Bonchev–Trinajstić information content (AvgIpc) is 3.16. The van der Waals surface area contributed by atoms with E-state index in [0.717, 1.165) is 24.1 Å². The molecule has 0 aliphatic heterocycles. The van der Waals surface area contributed by atoms with Crippen molar-refractivity contribution in [2.45, 2.75) is 59.0 Å². The van der Waals surface area contributed by atoms with Crippen molar-refractivity contribution in [2.75, 3.05) is 6.54 Å². The summed E-state index contributed by atoms with van der Waals surface area (Å²) in [6, 6.07) is 18.7. The van der Waals surface area contributed by atoms with Crippen molar-refractivity contribution in [1.82, 2.24) is 9.47 Å². The molecule has 3 rings (SSSR count). The number of amides is 1. The van der Waals surface area contributed by atoms with Gasteiger partial charge in [-0.3, -0.25) is 4.79 Å². The maximum absolute atomic E-state index is 13.6. The summed E-state index contributed by atoms with van der Waals surface area (Å²) in [4.78, 5) is 15.2. The lowest BCUT2D eigenvalue weighted by Gasteiger charge is -2.24. The Bertz CT molecular complexity index is 999. The van der Waals surface area contributed by atoms with E-state index in [1.54, 1.807) is 12.1 Å². The van der Waals surface area contributed by atoms with Crippen molar-refractivity contribution < 1.29 is 9.18 Å². The zero-order valence-corrected chi connectivity index (χ0v) is 19.1. The summed E-state index contributed by atoms with van der Waals surface area (Å²) >= 11 is 0. The Balaban J connectivity index is 1.79. The summed E-state index contributed by atoms with van der Waals surface area (Å²) in [6.07, 6.45) is 3.97. The number of hydrogen-bond acceptors (Lipinski definition) is 1. The second-order valence-corrected chi connectivity index (χ2v) is 9.16. The normalized spacial score (nSPS) is 11.5. The standard InChI is InChI=1S/C27H33FN2O/c1-5-6-16-30(26(31)22-12-14-23(15-13-22)27(2,3)4)20-25-11-8-17-29(25)19-21-9-7-10-24(28)18-21/h7-15,17-18H,5-6,16,19-20H2,1-4H3.